The quantitative estimate of drug-likeness (QED) is 0.481. The van der Waals surface area contributed by atoms with Crippen LogP contribution in [0.3, 0.4) is 0 Å². The van der Waals surface area contributed by atoms with Crippen molar-refractivity contribution in [1.82, 2.24) is 20.2 Å². The molecule has 2 amide bonds. The van der Waals surface area contributed by atoms with E-state index < -0.39 is 0 Å². The Morgan fingerprint density at radius 3 is 2.86 bits per heavy atom. The highest BCUT2D eigenvalue weighted by molar-refractivity contribution is 6.15. The lowest BCUT2D eigenvalue weighted by molar-refractivity contribution is -0.134. The maximum Gasteiger partial charge on any atom is 0.253 e. The SMILES string of the molecule is O=C1NCCc2nc3c(ccc4c[nH]c(/C=C/c5cccc(CC(=O)N6CCOCC6)c5)cc43)c21. The van der Waals surface area contributed by atoms with Crippen LogP contribution in [0.25, 0.3) is 33.8 Å². The van der Waals surface area contributed by atoms with Crippen LogP contribution >= 0.6 is 0 Å². The molecule has 0 unspecified atom stereocenters. The lowest BCUT2D eigenvalue weighted by Crippen LogP contribution is -2.41. The molecule has 4 aromatic rings. The molecule has 4 heterocycles. The number of morpholine rings is 1. The summed E-state index contributed by atoms with van der Waals surface area (Å²) in [5.41, 5.74) is 5.42. The summed E-state index contributed by atoms with van der Waals surface area (Å²) < 4.78 is 5.34. The average molecular weight is 467 g/mol. The second-order valence-corrected chi connectivity index (χ2v) is 9.04. The van der Waals surface area contributed by atoms with Crippen LogP contribution in [0.15, 0.2) is 48.7 Å². The molecule has 176 valence electrons. The molecule has 7 heteroatoms. The number of aromatic nitrogens is 2. The third-order valence-corrected chi connectivity index (χ3v) is 6.75. The van der Waals surface area contributed by atoms with E-state index in [2.05, 4.69) is 22.4 Å². The van der Waals surface area contributed by atoms with Gasteiger partial charge in [-0.05, 0) is 28.7 Å². The number of H-pyrrole nitrogens is 1. The number of rotatable bonds is 4. The van der Waals surface area contributed by atoms with Crippen molar-refractivity contribution >= 4 is 45.6 Å². The smallest absolute Gasteiger partial charge is 0.253 e. The molecule has 0 bridgehead atoms. The minimum absolute atomic E-state index is 0.0392. The van der Waals surface area contributed by atoms with Gasteiger partial charge in [-0.25, -0.2) is 0 Å². The molecule has 0 radical (unpaired) electrons. The summed E-state index contributed by atoms with van der Waals surface area (Å²) in [6, 6.07) is 14.2. The molecule has 35 heavy (non-hydrogen) atoms. The molecule has 7 nitrogen and oxygen atoms in total. The summed E-state index contributed by atoms with van der Waals surface area (Å²) in [6.07, 6.45) is 7.18. The summed E-state index contributed by atoms with van der Waals surface area (Å²) >= 11 is 0. The van der Waals surface area contributed by atoms with Gasteiger partial charge >= 0.3 is 0 Å². The van der Waals surface area contributed by atoms with Crippen LogP contribution in [0, 0.1) is 0 Å². The number of ether oxygens (including phenoxy) is 1. The number of pyridine rings is 1. The number of carbonyl (C=O) groups is 2. The van der Waals surface area contributed by atoms with Crippen LogP contribution in [0.2, 0.25) is 0 Å². The Balaban J connectivity index is 1.26. The number of hydrogen-bond acceptors (Lipinski definition) is 4. The van der Waals surface area contributed by atoms with Crippen molar-refractivity contribution in [1.29, 1.82) is 0 Å². The molecular formula is C28H26N4O3. The Labute approximate surface area is 202 Å². The van der Waals surface area contributed by atoms with Crippen molar-refractivity contribution in [2.45, 2.75) is 12.8 Å². The van der Waals surface area contributed by atoms with Gasteiger partial charge in [0.1, 0.15) is 0 Å². The molecule has 6 rings (SSSR count). The predicted molar refractivity (Wildman–Crippen MR) is 136 cm³/mol. The first-order valence-electron chi connectivity index (χ1n) is 12.0. The van der Waals surface area contributed by atoms with Gasteiger partial charge in [-0.3, -0.25) is 14.6 Å². The number of fused-ring (bicyclic) bond motifs is 5. The summed E-state index contributed by atoms with van der Waals surface area (Å²) in [5, 5.41) is 5.90. The van der Waals surface area contributed by atoms with E-state index in [1.54, 1.807) is 0 Å². The number of carbonyl (C=O) groups excluding carboxylic acids is 2. The Morgan fingerprint density at radius 1 is 1.09 bits per heavy atom. The van der Waals surface area contributed by atoms with Crippen LogP contribution in [-0.4, -0.2) is 59.5 Å². The van der Waals surface area contributed by atoms with Crippen molar-refractivity contribution in [2.75, 3.05) is 32.8 Å². The largest absolute Gasteiger partial charge is 0.378 e. The van der Waals surface area contributed by atoms with Crippen LogP contribution in [0.1, 0.15) is 32.9 Å². The number of benzene rings is 2. The molecule has 0 saturated carbocycles. The van der Waals surface area contributed by atoms with Gasteiger partial charge in [0.2, 0.25) is 5.91 Å². The molecule has 0 spiro atoms. The van der Waals surface area contributed by atoms with E-state index in [0.717, 1.165) is 50.6 Å². The standard InChI is InChI=1S/C28H26N4O3/c33-25(32-10-12-35-13-11-32)15-19-3-1-2-18(14-19)4-6-21-16-23-20(17-30-21)5-7-22-26-24(31-27(22)23)8-9-29-28(26)34/h1-7,14,16-17,30H,8-13,15H2,(H,29,34)/b6-4+. The van der Waals surface area contributed by atoms with Gasteiger partial charge in [0.25, 0.3) is 5.91 Å². The van der Waals surface area contributed by atoms with Crippen molar-refractivity contribution in [2.24, 2.45) is 0 Å². The third-order valence-electron chi connectivity index (χ3n) is 6.75. The second kappa shape index (κ2) is 9.00. The third kappa shape index (κ3) is 4.19. The number of amides is 2. The number of nitrogens with one attached hydrogen (secondary N) is 2. The lowest BCUT2D eigenvalue weighted by atomic mass is 10.0. The van der Waals surface area contributed by atoms with E-state index in [1.165, 1.54) is 0 Å². The average Bonchev–Trinajstić information content (AvgIpc) is 3.29. The fraction of sp³-hybridized carbons (Fsp3) is 0.250. The summed E-state index contributed by atoms with van der Waals surface area (Å²) in [4.78, 5) is 35.0. The number of aromatic amines is 1. The van der Waals surface area contributed by atoms with E-state index in [1.807, 2.05) is 53.6 Å². The van der Waals surface area contributed by atoms with Gasteiger partial charge < -0.3 is 19.9 Å². The first kappa shape index (κ1) is 21.6. The molecule has 2 aliphatic heterocycles. The van der Waals surface area contributed by atoms with Gasteiger partial charge in [0.15, 0.2) is 0 Å². The number of hydrogen-bond donors (Lipinski definition) is 2. The van der Waals surface area contributed by atoms with Gasteiger partial charge in [-0.1, -0.05) is 42.5 Å². The Kier molecular flexibility index (Phi) is 5.54. The van der Waals surface area contributed by atoms with E-state index in [-0.39, 0.29) is 11.8 Å². The normalized spacial score (nSPS) is 16.1. The predicted octanol–water partition coefficient (Wildman–Crippen LogP) is 3.57. The minimum atomic E-state index is -0.0392. The maximum atomic E-state index is 12.6. The molecule has 2 N–H and O–H groups in total. The molecule has 0 aliphatic carbocycles. The Bertz CT molecular complexity index is 1480. The van der Waals surface area contributed by atoms with Gasteiger partial charge in [-0.2, -0.15) is 0 Å². The van der Waals surface area contributed by atoms with Crippen molar-refractivity contribution in [3.8, 4) is 0 Å². The monoisotopic (exact) mass is 466 g/mol. The second-order valence-electron chi connectivity index (χ2n) is 9.04. The van der Waals surface area contributed by atoms with Gasteiger partial charge in [-0.15, -0.1) is 0 Å². The van der Waals surface area contributed by atoms with Crippen LogP contribution in [0.5, 0.6) is 0 Å². The highest BCUT2D eigenvalue weighted by Gasteiger charge is 2.24. The highest BCUT2D eigenvalue weighted by atomic mass is 16.5. The van der Waals surface area contributed by atoms with Crippen LogP contribution < -0.4 is 5.32 Å². The lowest BCUT2D eigenvalue weighted by Gasteiger charge is -2.26. The van der Waals surface area contributed by atoms with Gasteiger partial charge in [0, 0.05) is 48.7 Å². The molecule has 0 atom stereocenters. The Morgan fingerprint density at radius 2 is 1.97 bits per heavy atom. The van der Waals surface area contributed by atoms with Crippen molar-refractivity contribution < 1.29 is 14.3 Å². The summed E-state index contributed by atoms with van der Waals surface area (Å²) in [7, 11) is 0. The van der Waals surface area contributed by atoms with Crippen molar-refractivity contribution in [3.05, 3.63) is 76.7 Å². The summed E-state index contributed by atoms with van der Waals surface area (Å²) in [5.74, 6) is 0.0996. The van der Waals surface area contributed by atoms with E-state index in [0.29, 0.717) is 44.8 Å². The zero-order chi connectivity index (χ0) is 23.8. The molecule has 1 saturated heterocycles. The van der Waals surface area contributed by atoms with Crippen LogP contribution in [-0.2, 0) is 22.4 Å². The van der Waals surface area contributed by atoms with Crippen molar-refractivity contribution in [3.63, 3.8) is 0 Å². The fourth-order valence-corrected chi connectivity index (χ4v) is 4.93. The zero-order valence-electron chi connectivity index (χ0n) is 19.3. The zero-order valence-corrected chi connectivity index (χ0v) is 19.3. The fourth-order valence-electron chi connectivity index (χ4n) is 4.93. The Hall–Kier alpha value is -3.97. The molecule has 2 aliphatic rings. The van der Waals surface area contributed by atoms with Gasteiger partial charge in [0.05, 0.1) is 36.4 Å². The maximum absolute atomic E-state index is 12.6. The molecule has 2 aromatic heterocycles. The van der Waals surface area contributed by atoms with E-state index in [4.69, 9.17) is 9.72 Å². The molecule has 1 fully saturated rings. The first-order chi connectivity index (χ1) is 17.2. The van der Waals surface area contributed by atoms with E-state index >= 15 is 0 Å². The molecule has 2 aromatic carbocycles. The topological polar surface area (TPSA) is 87.3 Å². The molecular weight excluding hydrogens is 440 g/mol. The highest BCUT2D eigenvalue weighted by Crippen LogP contribution is 2.31. The first-order valence-corrected chi connectivity index (χ1v) is 12.0. The van der Waals surface area contributed by atoms with E-state index in [9.17, 15) is 9.59 Å². The summed E-state index contributed by atoms with van der Waals surface area (Å²) in [6.45, 7) is 3.18. The minimum Gasteiger partial charge on any atom is -0.378 e. The number of nitrogens with zero attached hydrogens (tertiary/aromatic N) is 2. The van der Waals surface area contributed by atoms with Crippen LogP contribution in [0.4, 0.5) is 0 Å².